The summed E-state index contributed by atoms with van der Waals surface area (Å²) in [5.41, 5.74) is 3.00. The second-order valence-electron chi connectivity index (χ2n) is 4.64. The third-order valence-electron chi connectivity index (χ3n) is 2.89. The fraction of sp³-hybridized carbons (Fsp3) is 0.333. The van der Waals surface area contributed by atoms with E-state index in [1.807, 2.05) is 31.2 Å². The van der Waals surface area contributed by atoms with Gasteiger partial charge >= 0.3 is 0 Å². The molecular weight excluding hydrogens is 254 g/mol. The molecule has 0 unspecified atom stereocenters. The zero-order valence-corrected chi connectivity index (χ0v) is 11.8. The van der Waals surface area contributed by atoms with Crippen molar-refractivity contribution < 1.29 is 9.21 Å². The van der Waals surface area contributed by atoms with Crippen molar-refractivity contribution in [1.82, 2.24) is 15.6 Å². The zero-order chi connectivity index (χ0) is 14.4. The lowest BCUT2D eigenvalue weighted by Crippen LogP contribution is -2.33. The molecule has 0 aliphatic heterocycles. The van der Waals surface area contributed by atoms with Crippen LogP contribution in [0, 0.1) is 6.92 Å². The van der Waals surface area contributed by atoms with Gasteiger partial charge in [-0.05, 0) is 26.1 Å². The number of nitrogens with one attached hydrogen (secondary N) is 2. The normalized spacial score (nSPS) is 10.5. The number of oxazole rings is 1. The number of rotatable bonds is 6. The molecule has 0 saturated heterocycles. The number of amides is 1. The van der Waals surface area contributed by atoms with Crippen molar-refractivity contribution >= 4 is 5.91 Å². The number of aryl methyl sites for hydroxylation is 1. The molecule has 1 aromatic carbocycles. The maximum atomic E-state index is 11.3. The largest absolute Gasteiger partial charge is 0.444 e. The standard InChI is InChI=1S/C15H19N3O2/c1-11-3-5-12(6-4-11)15-18-13(10-20-15)7-8-17-14(19)9-16-2/h3-6,10,16H,7-9H2,1-2H3,(H,17,19). The molecule has 0 saturated carbocycles. The predicted octanol–water partition coefficient (Wildman–Crippen LogP) is 1.53. The van der Waals surface area contributed by atoms with Gasteiger partial charge in [-0.15, -0.1) is 0 Å². The fourth-order valence-electron chi connectivity index (χ4n) is 1.80. The van der Waals surface area contributed by atoms with Crippen molar-refractivity contribution in [3.8, 4) is 11.5 Å². The summed E-state index contributed by atoms with van der Waals surface area (Å²) in [6, 6.07) is 8.02. The average Bonchev–Trinajstić information content (AvgIpc) is 2.89. The van der Waals surface area contributed by atoms with Crippen LogP contribution in [-0.2, 0) is 11.2 Å². The number of carbonyl (C=O) groups is 1. The van der Waals surface area contributed by atoms with E-state index in [9.17, 15) is 4.79 Å². The lowest BCUT2D eigenvalue weighted by molar-refractivity contribution is -0.120. The van der Waals surface area contributed by atoms with E-state index < -0.39 is 0 Å². The van der Waals surface area contributed by atoms with E-state index in [1.54, 1.807) is 13.3 Å². The lowest BCUT2D eigenvalue weighted by Gasteiger charge is -2.02. The zero-order valence-electron chi connectivity index (χ0n) is 11.8. The van der Waals surface area contributed by atoms with E-state index in [-0.39, 0.29) is 5.91 Å². The van der Waals surface area contributed by atoms with Crippen LogP contribution in [0.2, 0.25) is 0 Å². The molecule has 0 aliphatic carbocycles. The molecule has 5 heteroatoms. The SMILES string of the molecule is CNCC(=O)NCCc1coc(-c2ccc(C)cc2)n1. The fourth-order valence-corrected chi connectivity index (χ4v) is 1.80. The average molecular weight is 273 g/mol. The maximum Gasteiger partial charge on any atom is 0.233 e. The minimum absolute atomic E-state index is 0.0187. The van der Waals surface area contributed by atoms with Crippen molar-refractivity contribution in [1.29, 1.82) is 0 Å². The van der Waals surface area contributed by atoms with Gasteiger partial charge in [-0.2, -0.15) is 0 Å². The maximum absolute atomic E-state index is 11.3. The highest BCUT2D eigenvalue weighted by Crippen LogP contribution is 2.19. The summed E-state index contributed by atoms with van der Waals surface area (Å²) in [7, 11) is 1.74. The predicted molar refractivity (Wildman–Crippen MR) is 77.3 cm³/mol. The highest BCUT2D eigenvalue weighted by molar-refractivity contribution is 5.77. The highest BCUT2D eigenvalue weighted by Gasteiger charge is 2.07. The van der Waals surface area contributed by atoms with Crippen molar-refractivity contribution in [3.63, 3.8) is 0 Å². The number of likely N-dealkylation sites (N-methyl/N-ethyl adjacent to an activating group) is 1. The van der Waals surface area contributed by atoms with Gasteiger partial charge in [0.15, 0.2) is 0 Å². The van der Waals surface area contributed by atoms with Crippen LogP contribution in [-0.4, -0.2) is 31.0 Å². The highest BCUT2D eigenvalue weighted by atomic mass is 16.3. The Bertz CT molecular complexity index is 561. The summed E-state index contributed by atoms with van der Waals surface area (Å²) in [6.45, 7) is 2.92. The Kier molecular flexibility index (Phi) is 4.90. The molecule has 0 atom stereocenters. The van der Waals surface area contributed by atoms with Crippen molar-refractivity contribution in [3.05, 3.63) is 41.8 Å². The summed E-state index contributed by atoms with van der Waals surface area (Å²) in [6.07, 6.45) is 2.30. The monoisotopic (exact) mass is 273 g/mol. The summed E-state index contributed by atoms with van der Waals surface area (Å²) in [4.78, 5) is 15.7. The third-order valence-corrected chi connectivity index (χ3v) is 2.89. The summed E-state index contributed by atoms with van der Waals surface area (Å²) in [5, 5.41) is 5.61. The van der Waals surface area contributed by atoms with Gasteiger partial charge in [-0.25, -0.2) is 4.98 Å². The summed E-state index contributed by atoms with van der Waals surface area (Å²) >= 11 is 0. The second kappa shape index (κ2) is 6.86. The Morgan fingerprint density at radius 1 is 1.30 bits per heavy atom. The number of carbonyl (C=O) groups excluding carboxylic acids is 1. The number of benzene rings is 1. The molecule has 5 nitrogen and oxygen atoms in total. The van der Waals surface area contributed by atoms with E-state index >= 15 is 0 Å². The van der Waals surface area contributed by atoms with Crippen LogP contribution >= 0.6 is 0 Å². The smallest absolute Gasteiger partial charge is 0.233 e. The molecule has 0 bridgehead atoms. The van der Waals surface area contributed by atoms with Gasteiger partial charge in [0.05, 0.1) is 12.2 Å². The molecule has 2 aromatic rings. The molecule has 20 heavy (non-hydrogen) atoms. The first kappa shape index (κ1) is 14.3. The summed E-state index contributed by atoms with van der Waals surface area (Å²) < 4.78 is 5.46. The van der Waals surface area contributed by atoms with Gasteiger partial charge < -0.3 is 15.1 Å². The van der Waals surface area contributed by atoms with E-state index in [0.29, 0.717) is 25.4 Å². The first-order chi connectivity index (χ1) is 9.69. The van der Waals surface area contributed by atoms with E-state index in [2.05, 4.69) is 15.6 Å². The Labute approximate surface area is 118 Å². The first-order valence-corrected chi connectivity index (χ1v) is 6.62. The number of aromatic nitrogens is 1. The molecule has 0 radical (unpaired) electrons. The topological polar surface area (TPSA) is 67.2 Å². The quantitative estimate of drug-likeness (QED) is 0.837. The lowest BCUT2D eigenvalue weighted by atomic mass is 10.1. The minimum Gasteiger partial charge on any atom is -0.444 e. The Morgan fingerprint density at radius 3 is 2.75 bits per heavy atom. The van der Waals surface area contributed by atoms with Crippen LogP contribution < -0.4 is 10.6 Å². The van der Waals surface area contributed by atoms with Crippen LogP contribution in [0.5, 0.6) is 0 Å². The van der Waals surface area contributed by atoms with Crippen LogP contribution in [0.1, 0.15) is 11.3 Å². The molecule has 1 amide bonds. The van der Waals surface area contributed by atoms with Crippen LogP contribution in [0.25, 0.3) is 11.5 Å². The summed E-state index contributed by atoms with van der Waals surface area (Å²) in [5.74, 6) is 0.594. The van der Waals surface area contributed by atoms with E-state index in [1.165, 1.54) is 5.56 Å². The van der Waals surface area contributed by atoms with Gasteiger partial charge in [0.25, 0.3) is 0 Å². The van der Waals surface area contributed by atoms with E-state index in [4.69, 9.17) is 4.42 Å². The van der Waals surface area contributed by atoms with Gasteiger partial charge in [-0.1, -0.05) is 17.7 Å². The van der Waals surface area contributed by atoms with Crippen LogP contribution in [0.4, 0.5) is 0 Å². The number of hydrogen-bond donors (Lipinski definition) is 2. The van der Waals surface area contributed by atoms with Crippen molar-refractivity contribution in [2.24, 2.45) is 0 Å². The molecule has 2 N–H and O–H groups in total. The Morgan fingerprint density at radius 2 is 2.05 bits per heavy atom. The van der Waals surface area contributed by atoms with Crippen LogP contribution in [0.3, 0.4) is 0 Å². The first-order valence-electron chi connectivity index (χ1n) is 6.62. The molecule has 2 rings (SSSR count). The van der Waals surface area contributed by atoms with Gasteiger partial charge in [0.1, 0.15) is 6.26 Å². The van der Waals surface area contributed by atoms with Crippen molar-refractivity contribution in [2.45, 2.75) is 13.3 Å². The molecule has 106 valence electrons. The number of hydrogen-bond acceptors (Lipinski definition) is 4. The second-order valence-corrected chi connectivity index (χ2v) is 4.64. The molecular formula is C15H19N3O2. The minimum atomic E-state index is -0.0187. The van der Waals surface area contributed by atoms with E-state index in [0.717, 1.165) is 11.3 Å². The van der Waals surface area contributed by atoms with Gasteiger partial charge in [-0.3, -0.25) is 4.79 Å². The van der Waals surface area contributed by atoms with Gasteiger partial charge in [0, 0.05) is 18.5 Å². The molecule has 0 aliphatic rings. The molecule has 0 fully saturated rings. The van der Waals surface area contributed by atoms with Crippen molar-refractivity contribution in [2.75, 3.05) is 20.1 Å². The molecule has 1 aromatic heterocycles. The molecule has 1 heterocycles. The van der Waals surface area contributed by atoms with Gasteiger partial charge in [0.2, 0.25) is 11.8 Å². The Hall–Kier alpha value is -2.14. The Balaban J connectivity index is 1.89. The number of nitrogens with zero attached hydrogens (tertiary/aromatic N) is 1. The molecule has 0 spiro atoms. The third kappa shape index (κ3) is 3.93. The van der Waals surface area contributed by atoms with Crippen LogP contribution in [0.15, 0.2) is 34.9 Å².